The lowest BCUT2D eigenvalue weighted by Gasteiger charge is -2.11. The quantitative estimate of drug-likeness (QED) is 0.489. The van der Waals surface area contributed by atoms with E-state index >= 15 is 0 Å². The second-order valence-corrected chi connectivity index (χ2v) is 3.84. The standard InChI is InChI=1S/C11H16O4/c1-3-9(12)8(11(14)15-2)6-10(13)7-4-5-7/h7-8H,3-6H2,1-2H3. The highest BCUT2D eigenvalue weighted by molar-refractivity contribution is 6.02. The van der Waals surface area contributed by atoms with Crippen molar-refractivity contribution in [3.63, 3.8) is 0 Å². The number of esters is 1. The third-order valence-electron chi connectivity index (χ3n) is 2.66. The van der Waals surface area contributed by atoms with Gasteiger partial charge in [-0.25, -0.2) is 0 Å². The lowest BCUT2D eigenvalue weighted by molar-refractivity contribution is -0.151. The molecule has 1 aliphatic rings. The van der Waals surface area contributed by atoms with Crippen LogP contribution in [0.15, 0.2) is 0 Å². The van der Waals surface area contributed by atoms with E-state index in [0.717, 1.165) is 12.8 Å². The number of ketones is 2. The monoisotopic (exact) mass is 212 g/mol. The molecule has 1 atom stereocenters. The van der Waals surface area contributed by atoms with Crippen molar-refractivity contribution in [2.24, 2.45) is 11.8 Å². The minimum Gasteiger partial charge on any atom is -0.468 e. The van der Waals surface area contributed by atoms with Crippen molar-refractivity contribution in [2.75, 3.05) is 7.11 Å². The Hall–Kier alpha value is -1.19. The summed E-state index contributed by atoms with van der Waals surface area (Å²) in [5.41, 5.74) is 0. The third-order valence-corrected chi connectivity index (χ3v) is 2.66. The van der Waals surface area contributed by atoms with Gasteiger partial charge in [0.25, 0.3) is 0 Å². The van der Waals surface area contributed by atoms with E-state index in [4.69, 9.17) is 0 Å². The number of ether oxygens (including phenoxy) is 1. The number of hydrogen-bond donors (Lipinski definition) is 0. The van der Waals surface area contributed by atoms with Gasteiger partial charge >= 0.3 is 5.97 Å². The zero-order valence-corrected chi connectivity index (χ0v) is 9.12. The molecule has 0 N–H and O–H groups in total. The highest BCUT2D eigenvalue weighted by atomic mass is 16.5. The number of carbonyl (C=O) groups excluding carboxylic acids is 3. The van der Waals surface area contributed by atoms with Crippen LogP contribution in [0.5, 0.6) is 0 Å². The molecule has 1 rings (SSSR count). The number of hydrogen-bond acceptors (Lipinski definition) is 4. The lowest BCUT2D eigenvalue weighted by atomic mass is 9.94. The summed E-state index contributed by atoms with van der Waals surface area (Å²) < 4.78 is 4.52. The summed E-state index contributed by atoms with van der Waals surface area (Å²) in [5.74, 6) is -1.58. The first-order valence-electron chi connectivity index (χ1n) is 5.23. The topological polar surface area (TPSA) is 60.4 Å². The van der Waals surface area contributed by atoms with Gasteiger partial charge in [0.2, 0.25) is 0 Å². The van der Waals surface area contributed by atoms with Gasteiger partial charge < -0.3 is 4.74 Å². The molecule has 0 aromatic heterocycles. The molecular weight excluding hydrogens is 196 g/mol. The second-order valence-electron chi connectivity index (χ2n) is 3.84. The fraction of sp³-hybridized carbons (Fsp3) is 0.727. The fourth-order valence-electron chi connectivity index (χ4n) is 1.49. The van der Waals surface area contributed by atoms with Crippen LogP contribution in [-0.4, -0.2) is 24.6 Å². The van der Waals surface area contributed by atoms with Crippen molar-refractivity contribution in [3.05, 3.63) is 0 Å². The number of carbonyl (C=O) groups is 3. The fourth-order valence-corrected chi connectivity index (χ4v) is 1.49. The highest BCUT2D eigenvalue weighted by Crippen LogP contribution is 2.32. The Labute approximate surface area is 89.0 Å². The van der Waals surface area contributed by atoms with Gasteiger partial charge in [0.15, 0.2) is 0 Å². The molecule has 0 saturated heterocycles. The van der Waals surface area contributed by atoms with Gasteiger partial charge in [-0.3, -0.25) is 14.4 Å². The smallest absolute Gasteiger partial charge is 0.316 e. The predicted octanol–water partition coefficient (Wildman–Crippen LogP) is 1.12. The Morgan fingerprint density at radius 3 is 2.33 bits per heavy atom. The summed E-state index contributed by atoms with van der Waals surface area (Å²) in [7, 11) is 1.24. The summed E-state index contributed by atoms with van der Waals surface area (Å²) >= 11 is 0. The van der Waals surface area contributed by atoms with Crippen LogP contribution >= 0.6 is 0 Å². The first kappa shape index (κ1) is 11.9. The Kier molecular flexibility index (Phi) is 4.00. The van der Waals surface area contributed by atoms with Crippen LogP contribution < -0.4 is 0 Å². The van der Waals surface area contributed by atoms with E-state index in [9.17, 15) is 14.4 Å². The van der Waals surface area contributed by atoms with Crippen LogP contribution in [0.3, 0.4) is 0 Å². The predicted molar refractivity (Wildman–Crippen MR) is 53.2 cm³/mol. The van der Waals surface area contributed by atoms with Gasteiger partial charge in [-0.2, -0.15) is 0 Å². The highest BCUT2D eigenvalue weighted by Gasteiger charge is 2.35. The molecule has 0 heterocycles. The molecule has 15 heavy (non-hydrogen) atoms. The molecule has 4 heteroatoms. The minimum absolute atomic E-state index is 0.0179. The Balaban J connectivity index is 2.58. The van der Waals surface area contributed by atoms with E-state index in [-0.39, 0.29) is 30.3 Å². The van der Waals surface area contributed by atoms with E-state index in [2.05, 4.69) is 4.74 Å². The molecule has 0 bridgehead atoms. The first-order valence-corrected chi connectivity index (χ1v) is 5.23. The van der Waals surface area contributed by atoms with Crippen molar-refractivity contribution in [1.82, 2.24) is 0 Å². The van der Waals surface area contributed by atoms with Crippen molar-refractivity contribution in [1.29, 1.82) is 0 Å². The van der Waals surface area contributed by atoms with E-state index in [0.29, 0.717) is 0 Å². The molecule has 0 aliphatic heterocycles. The number of rotatable bonds is 6. The minimum atomic E-state index is -0.881. The van der Waals surface area contributed by atoms with Crippen molar-refractivity contribution in [2.45, 2.75) is 32.6 Å². The van der Waals surface area contributed by atoms with Gasteiger partial charge in [0.05, 0.1) is 7.11 Å². The molecule has 0 aromatic rings. The largest absolute Gasteiger partial charge is 0.468 e. The van der Waals surface area contributed by atoms with Gasteiger partial charge in [-0.05, 0) is 12.8 Å². The molecule has 1 unspecified atom stereocenters. The SMILES string of the molecule is CCC(=O)C(CC(=O)C1CC1)C(=O)OC. The van der Waals surface area contributed by atoms with E-state index in [1.54, 1.807) is 6.92 Å². The third kappa shape index (κ3) is 3.15. The van der Waals surface area contributed by atoms with E-state index < -0.39 is 11.9 Å². The summed E-state index contributed by atoms with van der Waals surface area (Å²) in [6.07, 6.45) is 2.07. The van der Waals surface area contributed by atoms with Crippen LogP contribution in [-0.2, 0) is 19.1 Å². The maximum atomic E-state index is 11.5. The second kappa shape index (κ2) is 5.05. The van der Waals surface area contributed by atoms with Crippen molar-refractivity contribution in [3.8, 4) is 0 Å². The Morgan fingerprint density at radius 2 is 1.93 bits per heavy atom. The van der Waals surface area contributed by atoms with Gasteiger partial charge in [0.1, 0.15) is 17.5 Å². The molecule has 1 fully saturated rings. The summed E-state index contributed by atoms with van der Waals surface area (Å²) in [4.78, 5) is 34.2. The number of Topliss-reactive ketones (excluding diaryl/α,β-unsaturated/α-hetero) is 2. The molecule has 4 nitrogen and oxygen atoms in total. The summed E-state index contributed by atoms with van der Waals surface area (Å²) in [5, 5.41) is 0. The summed E-state index contributed by atoms with van der Waals surface area (Å²) in [6, 6.07) is 0. The molecule has 0 amide bonds. The Bertz CT molecular complexity index is 262. The van der Waals surface area contributed by atoms with E-state index in [1.165, 1.54) is 7.11 Å². The average molecular weight is 212 g/mol. The van der Waals surface area contributed by atoms with Gasteiger partial charge in [-0.1, -0.05) is 6.92 Å². The zero-order valence-electron chi connectivity index (χ0n) is 9.12. The normalized spacial score (nSPS) is 16.9. The van der Waals surface area contributed by atoms with Crippen LogP contribution in [0.1, 0.15) is 32.6 Å². The van der Waals surface area contributed by atoms with Crippen LogP contribution in [0.2, 0.25) is 0 Å². The maximum Gasteiger partial charge on any atom is 0.316 e. The lowest BCUT2D eigenvalue weighted by Crippen LogP contribution is -2.27. The zero-order chi connectivity index (χ0) is 11.4. The molecule has 84 valence electrons. The van der Waals surface area contributed by atoms with Crippen LogP contribution in [0.4, 0.5) is 0 Å². The number of methoxy groups -OCH3 is 1. The summed E-state index contributed by atoms with van der Waals surface area (Å²) in [6.45, 7) is 1.68. The van der Waals surface area contributed by atoms with Gasteiger partial charge in [-0.15, -0.1) is 0 Å². The van der Waals surface area contributed by atoms with Crippen LogP contribution in [0.25, 0.3) is 0 Å². The molecular formula is C11H16O4. The van der Waals surface area contributed by atoms with Crippen molar-refractivity contribution < 1.29 is 19.1 Å². The molecule has 1 saturated carbocycles. The molecule has 0 radical (unpaired) electrons. The molecule has 1 aliphatic carbocycles. The molecule has 0 aromatic carbocycles. The Morgan fingerprint density at radius 1 is 1.33 bits per heavy atom. The maximum absolute atomic E-state index is 11.5. The van der Waals surface area contributed by atoms with E-state index in [1.807, 2.05) is 0 Å². The average Bonchev–Trinajstić information content (AvgIpc) is 3.07. The molecule has 0 spiro atoms. The first-order chi connectivity index (χ1) is 7.10. The van der Waals surface area contributed by atoms with Crippen LogP contribution in [0, 0.1) is 11.8 Å². The van der Waals surface area contributed by atoms with Gasteiger partial charge in [0, 0.05) is 18.8 Å². The van der Waals surface area contributed by atoms with Crippen molar-refractivity contribution >= 4 is 17.5 Å².